The molecule has 2 saturated heterocycles. The van der Waals surface area contributed by atoms with E-state index in [1.54, 1.807) is 0 Å². The summed E-state index contributed by atoms with van der Waals surface area (Å²) in [5, 5.41) is 21.6. The molecule has 2 aliphatic heterocycles. The number of fused-ring (bicyclic) bond motifs is 2. The van der Waals surface area contributed by atoms with Gasteiger partial charge in [0.1, 0.15) is 12.4 Å². The normalized spacial score (nSPS) is 23.1. The summed E-state index contributed by atoms with van der Waals surface area (Å²) in [6, 6.07) is 17.6. The molecule has 3 atom stereocenters. The van der Waals surface area contributed by atoms with Crippen molar-refractivity contribution in [1.82, 2.24) is 19.8 Å². The third-order valence-corrected chi connectivity index (χ3v) is 8.93. The molecule has 9 nitrogen and oxygen atoms in total. The first-order chi connectivity index (χ1) is 19.5. The fraction of sp³-hybridized carbons (Fsp3) is 0.484. The Kier molecular flexibility index (Phi) is 7.44. The van der Waals surface area contributed by atoms with Crippen LogP contribution in [0.5, 0.6) is 6.01 Å². The minimum atomic E-state index is -0.979. The zero-order chi connectivity index (χ0) is 27.6. The van der Waals surface area contributed by atoms with Gasteiger partial charge in [-0.3, -0.25) is 0 Å². The predicted octanol–water partition coefficient (Wildman–Crippen LogP) is 4.46. The zero-order valence-corrected chi connectivity index (χ0v) is 23.0. The molecule has 1 aliphatic carbocycles. The number of nitriles is 1. The monoisotopic (exact) mass is 540 g/mol. The number of nitrogens with zero attached hydrogens (tertiary/aromatic N) is 6. The van der Waals surface area contributed by atoms with Gasteiger partial charge in [-0.15, -0.1) is 0 Å². The van der Waals surface area contributed by atoms with Gasteiger partial charge < -0.3 is 24.5 Å². The number of aromatic nitrogens is 2. The molecule has 1 N–H and O–H groups in total. The summed E-state index contributed by atoms with van der Waals surface area (Å²) in [7, 11) is 2.13. The van der Waals surface area contributed by atoms with E-state index in [9.17, 15) is 15.2 Å². The number of benzene rings is 2. The van der Waals surface area contributed by atoms with Crippen molar-refractivity contribution in [1.29, 1.82) is 5.26 Å². The molecule has 3 aliphatic rings. The van der Waals surface area contributed by atoms with Gasteiger partial charge in [0.25, 0.3) is 0 Å². The van der Waals surface area contributed by atoms with E-state index in [0.717, 1.165) is 49.3 Å². The molecule has 3 aromatic rings. The summed E-state index contributed by atoms with van der Waals surface area (Å²) < 4.78 is 6.26. The Balaban J connectivity index is 1.33. The van der Waals surface area contributed by atoms with E-state index in [-0.39, 0.29) is 6.42 Å². The Bertz CT molecular complexity index is 1430. The summed E-state index contributed by atoms with van der Waals surface area (Å²) in [6.07, 6.45) is 4.07. The number of carbonyl (C=O) groups is 1. The van der Waals surface area contributed by atoms with Crippen LogP contribution in [0, 0.1) is 11.3 Å². The van der Waals surface area contributed by atoms with Gasteiger partial charge >= 0.3 is 12.1 Å². The summed E-state index contributed by atoms with van der Waals surface area (Å²) in [6.45, 7) is 2.91. The van der Waals surface area contributed by atoms with Gasteiger partial charge in [0, 0.05) is 31.2 Å². The van der Waals surface area contributed by atoms with Crippen molar-refractivity contribution in [3.05, 3.63) is 59.3 Å². The maximum Gasteiger partial charge on any atom is 0.407 e. The van der Waals surface area contributed by atoms with Crippen LogP contribution < -0.4 is 9.64 Å². The molecule has 1 amide bonds. The first-order valence-corrected chi connectivity index (χ1v) is 14.3. The molecule has 208 valence electrons. The highest BCUT2D eigenvalue weighted by molar-refractivity contribution is 5.86. The highest BCUT2D eigenvalue weighted by Crippen LogP contribution is 2.39. The van der Waals surface area contributed by atoms with Crippen molar-refractivity contribution in [2.75, 3.05) is 44.7 Å². The van der Waals surface area contributed by atoms with E-state index in [1.807, 2.05) is 0 Å². The fourth-order valence-corrected chi connectivity index (χ4v) is 6.71. The number of ether oxygens (including phenoxy) is 1. The minimum absolute atomic E-state index is 0.149. The molecule has 9 heteroatoms. The van der Waals surface area contributed by atoms with Gasteiger partial charge in [-0.05, 0) is 68.0 Å². The van der Waals surface area contributed by atoms with Crippen LogP contribution in [0.1, 0.15) is 48.4 Å². The lowest BCUT2D eigenvalue weighted by Gasteiger charge is -2.41. The van der Waals surface area contributed by atoms with Crippen molar-refractivity contribution in [3.63, 3.8) is 0 Å². The number of hydrogen-bond donors (Lipinski definition) is 1. The third-order valence-electron chi connectivity index (χ3n) is 8.93. The van der Waals surface area contributed by atoms with Crippen molar-refractivity contribution >= 4 is 22.7 Å². The average Bonchev–Trinajstić information content (AvgIpc) is 3.39. The van der Waals surface area contributed by atoms with Gasteiger partial charge in [-0.2, -0.15) is 15.2 Å². The van der Waals surface area contributed by atoms with Crippen LogP contribution in [0.2, 0.25) is 0 Å². The molecule has 40 heavy (non-hydrogen) atoms. The SMILES string of the molecule is CN1CCCC1COc1nc2c(c(N3CCN(C(=O)O)C(CC#N)C3)n1)CCC(c1cccc3ccccc13)C2. The summed E-state index contributed by atoms with van der Waals surface area (Å²) in [4.78, 5) is 27.6. The topological polar surface area (TPSA) is 106 Å². The quantitative estimate of drug-likeness (QED) is 0.489. The van der Waals surface area contributed by atoms with E-state index in [4.69, 9.17) is 14.7 Å². The number of rotatable bonds is 6. The van der Waals surface area contributed by atoms with E-state index in [1.165, 1.54) is 27.7 Å². The molecule has 0 spiro atoms. The van der Waals surface area contributed by atoms with Gasteiger partial charge in [-0.1, -0.05) is 42.5 Å². The summed E-state index contributed by atoms with van der Waals surface area (Å²) in [5.41, 5.74) is 3.49. The van der Waals surface area contributed by atoms with Crippen LogP contribution in [0.25, 0.3) is 10.8 Å². The second-order valence-corrected chi connectivity index (χ2v) is 11.3. The Morgan fingerprint density at radius 2 is 1.95 bits per heavy atom. The highest BCUT2D eigenvalue weighted by atomic mass is 16.5. The highest BCUT2D eigenvalue weighted by Gasteiger charge is 2.34. The molecule has 3 unspecified atom stereocenters. The Morgan fingerprint density at radius 3 is 2.75 bits per heavy atom. The van der Waals surface area contributed by atoms with Gasteiger partial charge in [0.15, 0.2) is 0 Å². The van der Waals surface area contributed by atoms with Crippen LogP contribution in [0.4, 0.5) is 10.6 Å². The van der Waals surface area contributed by atoms with Gasteiger partial charge in [-0.25, -0.2) is 4.79 Å². The number of amides is 1. The zero-order valence-electron chi connectivity index (χ0n) is 23.0. The van der Waals surface area contributed by atoms with E-state index < -0.39 is 12.1 Å². The number of likely N-dealkylation sites (tertiary alicyclic amines) is 1. The standard InChI is InChI=1S/C31H36N6O3/c1-35-15-5-8-24(35)20-40-30-33-28-18-22(26-10-4-7-21-6-2-3-9-25(21)26)11-12-27(28)29(34-30)36-16-17-37(31(38)39)23(19-36)13-14-32/h2-4,6-7,9-10,22-24H,5,8,11-13,15-20H2,1H3,(H,38,39). The first kappa shape index (κ1) is 26.3. The number of carboxylic acid groups (broad SMARTS) is 1. The van der Waals surface area contributed by atoms with Crippen LogP contribution >= 0.6 is 0 Å². The van der Waals surface area contributed by atoms with Crippen LogP contribution in [0.3, 0.4) is 0 Å². The minimum Gasteiger partial charge on any atom is -0.465 e. The molecule has 0 radical (unpaired) electrons. The molecule has 2 aromatic carbocycles. The van der Waals surface area contributed by atoms with Crippen LogP contribution in [0.15, 0.2) is 42.5 Å². The maximum atomic E-state index is 11.8. The van der Waals surface area contributed by atoms with Gasteiger partial charge in [0.05, 0.1) is 24.2 Å². The van der Waals surface area contributed by atoms with Gasteiger partial charge in [0.2, 0.25) is 0 Å². The van der Waals surface area contributed by atoms with E-state index in [2.05, 4.69) is 65.4 Å². The molecular formula is C31H36N6O3. The largest absolute Gasteiger partial charge is 0.465 e. The van der Waals surface area contributed by atoms with E-state index in [0.29, 0.717) is 44.2 Å². The molecular weight excluding hydrogens is 504 g/mol. The average molecular weight is 541 g/mol. The Morgan fingerprint density at radius 1 is 1.10 bits per heavy atom. The molecule has 2 fully saturated rings. The predicted molar refractivity (Wildman–Crippen MR) is 153 cm³/mol. The Hall–Kier alpha value is -3.90. The van der Waals surface area contributed by atoms with Crippen molar-refractivity contribution in [3.8, 4) is 12.1 Å². The number of piperazine rings is 1. The molecule has 0 bridgehead atoms. The summed E-state index contributed by atoms with van der Waals surface area (Å²) >= 11 is 0. The molecule has 3 heterocycles. The number of hydrogen-bond acceptors (Lipinski definition) is 7. The van der Waals surface area contributed by atoms with Crippen LogP contribution in [-0.4, -0.2) is 82.9 Å². The fourth-order valence-electron chi connectivity index (χ4n) is 6.71. The second-order valence-electron chi connectivity index (χ2n) is 11.3. The molecule has 6 rings (SSSR count). The number of anilines is 1. The Labute approximate surface area is 235 Å². The third kappa shape index (κ3) is 5.16. The number of likely N-dealkylation sites (N-methyl/N-ethyl adjacent to an activating group) is 1. The van der Waals surface area contributed by atoms with E-state index >= 15 is 0 Å². The molecule has 0 saturated carbocycles. The lowest BCUT2D eigenvalue weighted by atomic mass is 9.80. The summed E-state index contributed by atoms with van der Waals surface area (Å²) in [5.74, 6) is 1.18. The maximum absolute atomic E-state index is 11.8. The van der Waals surface area contributed by atoms with Crippen molar-refractivity contribution in [2.24, 2.45) is 0 Å². The first-order valence-electron chi connectivity index (χ1n) is 14.3. The van der Waals surface area contributed by atoms with Crippen LogP contribution in [-0.2, 0) is 12.8 Å². The lowest BCUT2D eigenvalue weighted by Crippen LogP contribution is -2.55. The lowest BCUT2D eigenvalue weighted by molar-refractivity contribution is 0.119. The molecule has 1 aromatic heterocycles. The van der Waals surface area contributed by atoms with Crippen molar-refractivity contribution in [2.45, 2.75) is 56.5 Å². The smallest absolute Gasteiger partial charge is 0.407 e. The second kappa shape index (κ2) is 11.3. The van der Waals surface area contributed by atoms with Crippen molar-refractivity contribution < 1.29 is 14.6 Å².